The molecule has 0 aliphatic heterocycles. The van der Waals surface area contributed by atoms with Gasteiger partial charge in [0.15, 0.2) is 5.82 Å². The number of aromatic nitrogens is 4. The molecule has 0 radical (unpaired) electrons. The second-order valence-corrected chi connectivity index (χ2v) is 4.27. The second-order valence-electron chi connectivity index (χ2n) is 4.27. The number of nitriles is 1. The Bertz CT molecular complexity index is 347. The number of hydrogen-bond acceptors (Lipinski definition) is 4. The normalized spacial score (nSPS) is 11.3. The third-order valence-corrected chi connectivity index (χ3v) is 2.40. The Hall–Kier alpha value is -1.44. The van der Waals surface area contributed by atoms with Crippen LogP contribution in [0.3, 0.4) is 0 Å². The van der Waals surface area contributed by atoms with Gasteiger partial charge in [-0.25, -0.2) is 4.68 Å². The van der Waals surface area contributed by atoms with Crippen molar-refractivity contribution in [3.8, 4) is 6.07 Å². The lowest BCUT2D eigenvalue weighted by molar-refractivity contribution is 0.401. The van der Waals surface area contributed by atoms with Crippen molar-refractivity contribution in [2.24, 2.45) is 5.41 Å². The van der Waals surface area contributed by atoms with E-state index in [-0.39, 0.29) is 5.41 Å². The molecule has 0 bridgehead atoms. The molecule has 0 saturated carbocycles. The first-order valence-electron chi connectivity index (χ1n) is 5.25. The molecule has 5 heteroatoms. The van der Waals surface area contributed by atoms with Crippen LogP contribution in [0.1, 0.15) is 39.4 Å². The van der Waals surface area contributed by atoms with Gasteiger partial charge in [0.25, 0.3) is 0 Å². The van der Waals surface area contributed by atoms with E-state index in [9.17, 15) is 0 Å². The molecule has 0 N–H and O–H groups in total. The highest BCUT2D eigenvalue weighted by Crippen LogP contribution is 2.20. The van der Waals surface area contributed by atoms with Crippen LogP contribution in [-0.4, -0.2) is 20.2 Å². The van der Waals surface area contributed by atoms with Crippen molar-refractivity contribution in [1.29, 1.82) is 5.26 Å². The summed E-state index contributed by atoms with van der Waals surface area (Å²) in [6.07, 6.45) is 2.64. The van der Waals surface area contributed by atoms with Crippen molar-refractivity contribution >= 4 is 0 Å². The molecule has 0 amide bonds. The highest BCUT2D eigenvalue weighted by atomic mass is 15.5. The van der Waals surface area contributed by atoms with Crippen LogP contribution in [0.15, 0.2) is 0 Å². The summed E-state index contributed by atoms with van der Waals surface area (Å²) in [4.78, 5) is 0. The van der Waals surface area contributed by atoms with E-state index in [0.29, 0.717) is 0 Å². The lowest BCUT2D eigenvalue weighted by Crippen LogP contribution is -2.11. The lowest BCUT2D eigenvalue weighted by atomic mass is 9.90. The summed E-state index contributed by atoms with van der Waals surface area (Å²) < 4.78 is 1.81. The molecule has 1 rings (SSSR count). The van der Waals surface area contributed by atoms with Gasteiger partial charge in [0.1, 0.15) is 0 Å². The maximum Gasteiger partial charge on any atom is 0.150 e. The summed E-state index contributed by atoms with van der Waals surface area (Å²) in [6.45, 7) is 6.73. The Balaban J connectivity index is 2.42. The zero-order chi connectivity index (χ0) is 11.3. The number of nitrogens with zero attached hydrogens (tertiary/aromatic N) is 5. The minimum atomic E-state index is -0.250. The summed E-state index contributed by atoms with van der Waals surface area (Å²) in [5.74, 6) is 0.907. The fraction of sp³-hybridized carbons (Fsp3) is 0.800. The first-order chi connectivity index (χ1) is 7.09. The smallest absolute Gasteiger partial charge is 0.150 e. The minimum Gasteiger partial charge on any atom is -0.230 e. The molecule has 0 aliphatic carbocycles. The van der Waals surface area contributed by atoms with E-state index in [0.717, 1.165) is 31.6 Å². The van der Waals surface area contributed by atoms with Gasteiger partial charge in [-0.05, 0) is 37.1 Å². The summed E-state index contributed by atoms with van der Waals surface area (Å²) in [7, 11) is 0. The quantitative estimate of drug-likeness (QED) is 0.735. The first-order valence-corrected chi connectivity index (χ1v) is 5.25. The molecule has 0 saturated heterocycles. The molecule has 1 aromatic rings. The monoisotopic (exact) mass is 207 g/mol. The molecule has 1 aromatic heterocycles. The minimum absolute atomic E-state index is 0.250. The van der Waals surface area contributed by atoms with E-state index in [4.69, 9.17) is 5.26 Å². The predicted octanol–water partition coefficient (Wildman–Crippen LogP) is 1.57. The van der Waals surface area contributed by atoms with Crippen LogP contribution < -0.4 is 0 Å². The van der Waals surface area contributed by atoms with E-state index in [1.165, 1.54) is 0 Å². The third-order valence-electron chi connectivity index (χ3n) is 2.40. The van der Waals surface area contributed by atoms with E-state index in [1.54, 1.807) is 0 Å². The van der Waals surface area contributed by atoms with Crippen molar-refractivity contribution in [3.05, 3.63) is 5.82 Å². The van der Waals surface area contributed by atoms with Crippen LogP contribution in [0, 0.1) is 16.7 Å². The van der Waals surface area contributed by atoms with Crippen LogP contribution in [0.25, 0.3) is 0 Å². The van der Waals surface area contributed by atoms with E-state index < -0.39 is 0 Å². The fourth-order valence-corrected chi connectivity index (χ4v) is 1.38. The Morgan fingerprint density at radius 1 is 1.47 bits per heavy atom. The van der Waals surface area contributed by atoms with Gasteiger partial charge in [-0.15, -0.1) is 5.10 Å². The van der Waals surface area contributed by atoms with Gasteiger partial charge in [-0.1, -0.05) is 6.92 Å². The molecule has 1 heterocycles. The van der Waals surface area contributed by atoms with Crippen molar-refractivity contribution < 1.29 is 0 Å². The number of hydrogen-bond donors (Lipinski definition) is 0. The van der Waals surface area contributed by atoms with Gasteiger partial charge in [0.05, 0.1) is 11.5 Å². The molecule has 0 unspecified atom stereocenters. The highest BCUT2D eigenvalue weighted by Gasteiger charge is 2.16. The van der Waals surface area contributed by atoms with E-state index in [2.05, 4.69) is 21.6 Å². The fourth-order valence-electron chi connectivity index (χ4n) is 1.38. The van der Waals surface area contributed by atoms with Crippen molar-refractivity contribution in [2.45, 2.75) is 46.6 Å². The predicted molar refractivity (Wildman–Crippen MR) is 55.8 cm³/mol. The van der Waals surface area contributed by atoms with Crippen LogP contribution in [0.5, 0.6) is 0 Å². The van der Waals surface area contributed by atoms with Gasteiger partial charge in [-0.2, -0.15) is 5.26 Å². The summed E-state index contributed by atoms with van der Waals surface area (Å²) >= 11 is 0. The molecule has 0 aliphatic rings. The zero-order valence-electron chi connectivity index (χ0n) is 9.56. The SMILES string of the molecule is CCc1nnnn1CCCC(C)(C)C#N. The van der Waals surface area contributed by atoms with E-state index in [1.807, 2.05) is 25.5 Å². The van der Waals surface area contributed by atoms with Gasteiger partial charge in [-0.3, -0.25) is 0 Å². The molecule has 15 heavy (non-hydrogen) atoms. The zero-order valence-corrected chi connectivity index (χ0v) is 9.56. The molecule has 5 nitrogen and oxygen atoms in total. The van der Waals surface area contributed by atoms with Gasteiger partial charge < -0.3 is 0 Å². The summed E-state index contributed by atoms with van der Waals surface area (Å²) in [5.41, 5.74) is -0.250. The summed E-state index contributed by atoms with van der Waals surface area (Å²) in [5, 5.41) is 20.3. The average Bonchev–Trinajstić information content (AvgIpc) is 2.65. The van der Waals surface area contributed by atoms with Crippen molar-refractivity contribution in [2.75, 3.05) is 0 Å². The topological polar surface area (TPSA) is 67.4 Å². The van der Waals surface area contributed by atoms with Crippen LogP contribution in [0.4, 0.5) is 0 Å². The Labute approximate surface area is 90.1 Å². The molecule has 0 spiro atoms. The second kappa shape index (κ2) is 4.87. The molecule has 0 aromatic carbocycles. The largest absolute Gasteiger partial charge is 0.230 e. The van der Waals surface area contributed by atoms with Crippen molar-refractivity contribution in [3.63, 3.8) is 0 Å². The Morgan fingerprint density at radius 2 is 2.20 bits per heavy atom. The van der Waals surface area contributed by atoms with Crippen molar-refractivity contribution in [1.82, 2.24) is 20.2 Å². The molecule has 82 valence electrons. The maximum atomic E-state index is 8.85. The van der Waals surface area contributed by atoms with Gasteiger partial charge >= 0.3 is 0 Å². The van der Waals surface area contributed by atoms with Crippen LogP contribution in [-0.2, 0) is 13.0 Å². The number of aryl methyl sites for hydroxylation is 2. The Morgan fingerprint density at radius 3 is 2.80 bits per heavy atom. The molecular formula is C10H17N5. The third kappa shape index (κ3) is 3.31. The maximum absolute atomic E-state index is 8.85. The molecular weight excluding hydrogens is 190 g/mol. The lowest BCUT2D eigenvalue weighted by Gasteiger charge is -2.14. The first kappa shape index (κ1) is 11.6. The van der Waals surface area contributed by atoms with Crippen LogP contribution in [0.2, 0.25) is 0 Å². The standard InChI is InChI=1S/C10H17N5/c1-4-9-12-13-14-15(9)7-5-6-10(2,3)8-11/h4-7H2,1-3H3. The van der Waals surface area contributed by atoms with E-state index >= 15 is 0 Å². The Kier molecular flexibility index (Phi) is 3.78. The number of rotatable bonds is 5. The molecule has 0 atom stereocenters. The van der Waals surface area contributed by atoms with Crippen LogP contribution >= 0.6 is 0 Å². The average molecular weight is 207 g/mol. The van der Waals surface area contributed by atoms with Gasteiger partial charge in [0, 0.05) is 13.0 Å². The van der Waals surface area contributed by atoms with Gasteiger partial charge in [0.2, 0.25) is 0 Å². The summed E-state index contributed by atoms with van der Waals surface area (Å²) in [6, 6.07) is 2.29. The molecule has 0 fully saturated rings. The number of tetrazole rings is 1. The highest BCUT2D eigenvalue weighted by molar-refractivity contribution is 4.91.